The normalized spacial score (nSPS) is 13.2. The van der Waals surface area contributed by atoms with Crippen LogP contribution < -0.4 is 16.2 Å². The quantitative estimate of drug-likeness (QED) is 0.488. The van der Waals surface area contributed by atoms with Crippen LogP contribution in [-0.4, -0.2) is 33.1 Å². The number of thiophene rings is 1. The fourth-order valence-corrected chi connectivity index (χ4v) is 4.60. The number of aromatic amines is 1. The third kappa shape index (κ3) is 5.11. The van der Waals surface area contributed by atoms with Crippen molar-refractivity contribution >= 4 is 45.1 Å². The van der Waals surface area contributed by atoms with Crippen molar-refractivity contribution in [1.82, 2.24) is 20.6 Å². The second-order valence-corrected chi connectivity index (χ2v) is 9.49. The van der Waals surface area contributed by atoms with Gasteiger partial charge >= 0.3 is 0 Å². The predicted molar refractivity (Wildman–Crippen MR) is 119 cm³/mol. The Morgan fingerprint density at radius 2 is 2.07 bits per heavy atom. The lowest BCUT2D eigenvalue weighted by atomic mass is 10.2. The van der Waals surface area contributed by atoms with Crippen molar-refractivity contribution in [2.75, 3.05) is 0 Å². The number of nitrogens with zero attached hydrogens (tertiary/aromatic N) is 1. The largest absolute Gasteiger partial charge is 0.467 e. The van der Waals surface area contributed by atoms with Crippen LogP contribution in [0.3, 0.4) is 0 Å². The van der Waals surface area contributed by atoms with Crippen molar-refractivity contribution in [3.8, 4) is 0 Å². The Morgan fingerprint density at radius 3 is 2.77 bits per heavy atom. The number of aromatic nitrogens is 2. The molecular formula is C20H24N4O4S2. The van der Waals surface area contributed by atoms with Crippen LogP contribution in [0.5, 0.6) is 0 Å². The molecule has 0 saturated heterocycles. The molecule has 8 nitrogen and oxygen atoms in total. The second-order valence-electron chi connectivity index (χ2n) is 6.96. The summed E-state index contributed by atoms with van der Waals surface area (Å²) in [5.41, 5.74) is 0.798. The van der Waals surface area contributed by atoms with Gasteiger partial charge in [-0.3, -0.25) is 14.4 Å². The highest BCUT2D eigenvalue weighted by molar-refractivity contribution is 7.99. The third-order valence-corrected chi connectivity index (χ3v) is 6.95. The lowest BCUT2D eigenvalue weighted by Crippen LogP contribution is -2.46. The molecule has 3 heterocycles. The van der Waals surface area contributed by atoms with Gasteiger partial charge in [-0.05, 0) is 45.4 Å². The van der Waals surface area contributed by atoms with Gasteiger partial charge in [0.2, 0.25) is 11.8 Å². The fraction of sp³-hybridized carbons (Fsp3) is 0.400. The Bertz CT molecular complexity index is 1100. The summed E-state index contributed by atoms with van der Waals surface area (Å²) in [6.07, 6.45) is 1.53. The number of hydrogen-bond acceptors (Lipinski definition) is 7. The summed E-state index contributed by atoms with van der Waals surface area (Å²) < 4.78 is 5.16. The molecular weight excluding hydrogens is 424 g/mol. The Labute approximate surface area is 181 Å². The first-order valence-corrected chi connectivity index (χ1v) is 11.3. The van der Waals surface area contributed by atoms with Crippen LogP contribution in [0.1, 0.15) is 35.9 Å². The molecule has 3 aromatic heterocycles. The summed E-state index contributed by atoms with van der Waals surface area (Å²) >= 11 is 2.84. The van der Waals surface area contributed by atoms with E-state index in [1.807, 2.05) is 13.8 Å². The standard InChI is InChI=1S/C20H24N4O4S2/c1-10-12(3)30-20-16(10)19(27)23-15(24-20)9-29-13(4)18(26)22-11(2)17(25)21-8-14-6-5-7-28-14/h5-7,11,13H,8-9H2,1-4H3,(H,21,25)(H,22,26)(H,23,24,27). The molecule has 0 aliphatic heterocycles. The van der Waals surface area contributed by atoms with Gasteiger partial charge in [-0.25, -0.2) is 4.98 Å². The van der Waals surface area contributed by atoms with Crippen LogP contribution in [-0.2, 0) is 21.9 Å². The first kappa shape index (κ1) is 22.1. The SMILES string of the molecule is Cc1sc2nc(CSC(C)C(=O)NC(C)C(=O)NCc3ccco3)[nH]c(=O)c2c1C. The van der Waals surface area contributed by atoms with Gasteiger partial charge in [-0.1, -0.05) is 0 Å². The number of carbonyl (C=O) groups is 2. The van der Waals surface area contributed by atoms with Crippen molar-refractivity contribution in [2.24, 2.45) is 0 Å². The van der Waals surface area contributed by atoms with E-state index < -0.39 is 11.3 Å². The van der Waals surface area contributed by atoms with E-state index in [1.54, 1.807) is 26.0 Å². The van der Waals surface area contributed by atoms with Crippen molar-refractivity contribution in [3.05, 3.63) is 50.8 Å². The first-order chi connectivity index (χ1) is 14.3. The topological polar surface area (TPSA) is 117 Å². The highest BCUT2D eigenvalue weighted by Crippen LogP contribution is 2.26. The lowest BCUT2D eigenvalue weighted by Gasteiger charge is -2.17. The highest BCUT2D eigenvalue weighted by Gasteiger charge is 2.21. The molecule has 10 heteroatoms. The van der Waals surface area contributed by atoms with E-state index in [4.69, 9.17) is 4.42 Å². The number of furan rings is 1. The van der Waals surface area contributed by atoms with Crippen molar-refractivity contribution in [1.29, 1.82) is 0 Å². The molecule has 0 bridgehead atoms. The van der Waals surface area contributed by atoms with Gasteiger partial charge in [0.15, 0.2) is 0 Å². The number of carbonyl (C=O) groups excluding carboxylic acids is 2. The molecule has 3 N–H and O–H groups in total. The zero-order valence-corrected chi connectivity index (χ0v) is 18.8. The van der Waals surface area contributed by atoms with Crippen LogP contribution in [0.25, 0.3) is 10.2 Å². The smallest absolute Gasteiger partial charge is 0.259 e. The number of H-pyrrole nitrogens is 1. The monoisotopic (exact) mass is 448 g/mol. The number of hydrogen-bond donors (Lipinski definition) is 3. The molecule has 3 aromatic rings. The minimum absolute atomic E-state index is 0.156. The second kappa shape index (κ2) is 9.48. The van der Waals surface area contributed by atoms with Gasteiger partial charge in [0.25, 0.3) is 5.56 Å². The van der Waals surface area contributed by atoms with E-state index in [0.717, 1.165) is 10.4 Å². The van der Waals surface area contributed by atoms with Gasteiger partial charge < -0.3 is 20.0 Å². The molecule has 0 aliphatic carbocycles. The minimum Gasteiger partial charge on any atom is -0.467 e. The average Bonchev–Trinajstić information content (AvgIpc) is 3.32. The molecule has 0 fully saturated rings. The molecule has 0 aliphatic rings. The Morgan fingerprint density at radius 1 is 1.30 bits per heavy atom. The number of nitrogens with one attached hydrogen (secondary N) is 3. The summed E-state index contributed by atoms with van der Waals surface area (Å²) in [4.78, 5) is 46.0. The van der Waals surface area contributed by atoms with Crippen LogP contribution in [0.4, 0.5) is 0 Å². The Kier molecular flexibility index (Phi) is 6.99. The minimum atomic E-state index is -0.679. The highest BCUT2D eigenvalue weighted by atomic mass is 32.2. The predicted octanol–water partition coefficient (Wildman–Crippen LogP) is 2.64. The van der Waals surface area contributed by atoms with Crippen LogP contribution in [0, 0.1) is 13.8 Å². The summed E-state index contributed by atoms with van der Waals surface area (Å²) in [6.45, 7) is 7.52. The average molecular weight is 449 g/mol. The van der Waals surface area contributed by atoms with E-state index in [1.165, 1.54) is 29.4 Å². The molecule has 160 valence electrons. The third-order valence-electron chi connectivity index (χ3n) is 4.70. The van der Waals surface area contributed by atoms with E-state index in [-0.39, 0.29) is 23.9 Å². The molecule has 3 rings (SSSR count). The van der Waals surface area contributed by atoms with Gasteiger partial charge in [-0.15, -0.1) is 23.1 Å². The maximum absolute atomic E-state index is 12.4. The van der Waals surface area contributed by atoms with Crippen LogP contribution in [0.15, 0.2) is 27.6 Å². The molecule has 2 unspecified atom stereocenters. The van der Waals surface area contributed by atoms with Gasteiger partial charge in [0, 0.05) is 4.88 Å². The maximum atomic E-state index is 12.4. The van der Waals surface area contributed by atoms with Gasteiger partial charge in [0.05, 0.1) is 29.2 Å². The van der Waals surface area contributed by atoms with Gasteiger partial charge in [-0.2, -0.15) is 0 Å². The number of rotatable bonds is 8. The zero-order valence-electron chi connectivity index (χ0n) is 17.2. The van der Waals surface area contributed by atoms with E-state index >= 15 is 0 Å². The van der Waals surface area contributed by atoms with Crippen LogP contribution in [0.2, 0.25) is 0 Å². The zero-order chi connectivity index (χ0) is 21.8. The summed E-state index contributed by atoms with van der Waals surface area (Å²) in [5, 5.41) is 5.63. The van der Waals surface area contributed by atoms with Gasteiger partial charge in [0.1, 0.15) is 22.5 Å². The van der Waals surface area contributed by atoms with E-state index in [0.29, 0.717) is 27.6 Å². The number of amides is 2. The molecule has 30 heavy (non-hydrogen) atoms. The van der Waals surface area contributed by atoms with Crippen molar-refractivity contribution < 1.29 is 14.0 Å². The maximum Gasteiger partial charge on any atom is 0.259 e. The lowest BCUT2D eigenvalue weighted by molar-refractivity contribution is -0.128. The molecule has 0 saturated carbocycles. The number of aryl methyl sites for hydroxylation is 2. The van der Waals surface area contributed by atoms with Crippen LogP contribution >= 0.6 is 23.1 Å². The Balaban J connectivity index is 1.52. The molecule has 0 radical (unpaired) electrons. The fourth-order valence-electron chi connectivity index (χ4n) is 2.78. The summed E-state index contributed by atoms with van der Waals surface area (Å²) in [6, 6.07) is 2.82. The molecule has 2 amide bonds. The van der Waals surface area contributed by atoms with Crippen molar-refractivity contribution in [3.63, 3.8) is 0 Å². The van der Waals surface area contributed by atoms with Crippen molar-refractivity contribution in [2.45, 2.75) is 51.3 Å². The summed E-state index contributed by atoms with van der Waals surface area (Å²) in [5.74, 6) is 1.00. The Hall–Kier alpha value is -2.59. The molecule has 2 atom stereocenters. The molecule has 0 aromatic carbocycles. The molecule has 0 spiro atoms. The van der Waals surface area contributed by atoms with E-state index in [9.17, 15) is 14.4 Å². The van der Waals surface area contributed by atoms with E-state index in [2.05, 4.69) is 20.6 Å². The summed E-state index contributed by atoms with van der Waals surface area (Å²) in [7, 11) is 0. The number of fused-ring (bicyclic) bond motifs is 1. The first-order valence-electron chi connectivity index (χ1n) is 9.47. The number of thioether (sulfide) groups is 1.